The second-order valence-electron chi connectivity index (χ2n) is 4.77. The van der Waals surface area contributed by atoms with Crippen molar-refractivity contribution < 1.29 is 4.74 Å². The zero-order valence-electron chi connectivity index (χ0n) is 12.1. The van der Waals surface area contributed by atoms with Gasteiger partial charge < -0.3 is 10.1 Å². The number of nitrogens with one attached hydrogen (secondary N) is 1. The third-order valence-corrected chi connectivity index (χ3v) is 3.34. The molecule has 4 nitrogen and oxygen atoms in total. The van der Waals surface area contributed by atoms with E-state index in [0.717, 1.165) is 28.4 Å². The van der Waals surface area contributed by atoms with E-state index in [-0.39, 0.29) is 6.04 Å². The zero-order chi connectivity index (χ0) is 14.5. The molecule has 0 fully saturated rings. The Kier molecular flexibility index (Phi) is 5.04. The van der Waals surface area contributed by atoms with Gasteiger partial charge in [0.25, 0.3) is 0 Å². The summed E-state index contributed by atoms with van der Waals surface area (Å²) in [4.78, 5) is 0. The van der Waals surface area contributed by atoms with Crippen molar-refractivity contribution in [3.8, 4) is 5.75 Å². The molecule has 0 amide bonds. The average molecular weight is 294 g/mol. The fourth-order valence-corrected chi connectivity index (χ4v) is 2.29. The first-order valence-electron chi connectivity index (χ1n) is 6.73. The summed E-state index contributed by atoms with van der Waals surface area (Å²) in [6.45, 7) is 5.58. The van der Waals surface area contributed by atoms with Crippen LogP contribution in [0, 0.1) is 0 Å². The molecule has 1 aromatic heterocycles. The normalized spacial score (nSPS) is 12.4. The Labute approximate surface area is 124 Å². The van der Waals surface area contributed by atoms with Crippen LogP contribution >= 0.6 is 11.6 Å². The molecule has 1 heterocycles. The van der Waals surface area contributed by atoms with Gasteiger partial charge in [-0.25, -0.2) is 0 Å². The van der Waals surface area contributed by atoms with Gasteiger partial charge in [-0.15, -0.1) is 0 Å². The summed E-state index contributed by atoms with van der Waals surface area (Å²) in [5.74, 6) is 0.853. The van der Waals surface area contributed by atoms with Crippen LogP contribution in [0.15, 0.2) is 30.6 Å². The number of aryl methyl sites for hydroxylation is 1. The molecule has 5 heteroatoms. The topological polar surface area (TPSA) is 39.1 Å². The SMILES string of the molecule is CCNC(C)c1cc(Cl)ccc1OCc1cnn(C)c1. The lowest BCUT2D eigenvalue weighted by Gasteiger charge is -2.17. The van der Waals surface area contributed by atoms with E-state index in [1.165, 1.54) is 0 Å². The summed E-state index contributed by atoms with van der Waals surface area (Å²) in [7, 11) is 1.89. The Morgan fingerprint density at radius 2 is 2.25 bits per heavy atom. The van der Waals surface area contributed by atoms with Gasteiger partial charge in [-0.1, -0.05) is 18.5 Å². The van der Waals surface area contributed by atoms with Crippen LogP contribution in [0.4, 0.5) is 0 Å². The molecule has 0 aliphatic rings. The summed E-state index contributed by atoms with van der Waals surface area (Å²) < 4.78 is 7.67. The van der Waals surface area contributed by atoms with Crippen LogP contribution in [0.1, 0.15) is 31.0 Å². The van der Waals surface area contributed by atoms with Crippen molar-refractivity contribution >= 4 is 11.6 Å². The number of rotatable bonds is 6. The molecule has 0 bridgehead atoms. The third kappa shape index (κ3) is 3.74. The smallest absolute Gasteiger partial charge is 0.124 e. The number of halogens is 1. The van der Waals surface area contributed by atoms with Crippen LogP contribution < -0.4 is 10.1 Å². The van der Waals surface area contributed by atoms with Crippen molar-refractivity contribution in [2.24, 2.45) is 7.05 Å². The number of hydrogen-bond donors (Lipinski definition) is 1. The molecule has 0 spiro atoms. The van der Waals surface area contributed by atoms with E-state index in [2.05, 4.69) is 24.3 Å². The lowest BCUT2D eigenvalue weighted by atomic mass is 10.1. The first-order valence-corrected chi connectivity index (χ1v) is 7.11. The van der Waals surface area contributed by atoms with Gasteiger partial charge in [0, 0.05) is 35.4 Å². The van der Waals surface area contributed by atoms with Gasteiger partial charge in [-0.3, -0.25) is 4.68 Å². The lowest BCUT2D eigenvalue weighted by molar-refractivity contribution is 0.300. The van der Waals surface area contributed by atoms with Crippen LogP contribution in [0.5, 0.6) is 5.75 Å². The number of ether oxygens (including phenoxy) is 1. The Bertz CT molecular complexity index is 568. The van der Waals surface area contributed by atoms with Gasteiger partial charge in [0.2, 0.25) is 0 Å². The van der Waals surface area contributed by atoms with Gasteiger partial charge in [0.1, 0.15) is 12.4 Å². The fraction of sp³-hybridized carbons (Fsp3) is 0.400. The van der Waals surface area contributed by atoms with E-state index in [1.54, 1.807) is 4.68 Å². The number of hydrogen-bond acceptors (Lipinski definition) is 3. The second-order valence-corrected chi connectivity index (χ2v) is 5.21. The minimum Gasteiger partial charge on any atom is -0.488 e. The van der Waals surface area contributed by atoms with Gasteiger partial charge in [0.15, 0.2) is 0 Å². The van der Waals surface area contributed by atoms with Crippen molar-refractivity contribution in [1.29, 1.82) is 0 Å². The van der Waals surface area contributed by atoms with Crippen molar-refractivity contribution in [3.63, 3.8) is 0 Å². The minimum atomic E-state index is 0.197. The highest BCUT2D eigenvalue weighted by Gasteiger charge is 2.12. The van der Waals surface area contributed by atoms with Gasteiger partial charge >= 0.3 is 0 Å². The van der Waals surface area contributed by atoms with Crippen LogP contribution in [0.25, 0.3) is 0 Å². The third-order valence-electron chi connectivity index (χ3n) is 3.10. The maximum atomic E-state index is 6.08. The summed E-state index contributed by atoms with van der Waals surface area (Å²) in [5, 5.41) is 8.23. The van der Waals surface area contributed by atoms with Crippen molar-refractivity contribution in [1.82, 2.24) is 15.1 Å². The van der Waals surface area contributed by atoms with Gasteiger partial charge in [-0.2, -0.15) is 5.10 Å². The maximum absolute atomic E-state index is 6.08. The quantitative estimate of drug-likeness (QED) is 0.888. The number of aromatic nitrogens is 2. The highest BCUT2D eigenvalue weighted by atomic mass is 35.5. The van der Waals surface area contributed by atoms with Crippen LogP contribution in [0.3, 0.4) is 0 Å². The molecule has 2 rings (SSSR count). The van der Waals surface area contributed by atoms with Crippen LogP contribution in [-0.4, -0.2) is 16.3 Å². The molecule has 1 N–H and O–H groups in total. The summed E-state index contributed by atoms with van der Waals surface area (Å²) in [6.07, 6.45) is 3.76. The van der Waals surface area contributed by atoms with E-state index in [0.29, 0.717) is 6.61 Å². The monoisotopic (exact) mass is 293 g/mol. The highest BCUT2D eigenvalue weighted by Crippen LogP contribution is 2.29. The molecule has 20 heavy (non-hydrogen) atoms. The van der Waals surface area contributed by atoms with E-state index >= 15 is 0 Å². The fourth-order valence-electron chi connectivity index (χ4n) is 2.11. The molecule has 1 atom stereocenters. The van der Waals surface area contributed by atoms with E-state index in [4.69, 9.17) is 16.3 Å². The van der Waals surface area contributed by atoms with Crippen molar-refractivity contribution in [2.45, 2.75) is 26.5 Å². The molecular formula is C15H20ClN3O. The van der Waals surface area contributed by atoms with Crippen LogP contribution in [0.2, 0.25) is 5.02 Å². The molecule has 2 aromatic rings. The van der Waals surface area contributed by atoms with Crippen LogP contribution in [-0.2, 0) is 13.7 Å². The molecule has 0 aliphatic heterocycles. The van der Waals surface area contributed by atoms with E-state index in [9.17, 15) is 0 Å². The van der Waals surface area contributed by atoms with Crippen molar-refractivity contribution in [3.05, 3.63) is 46.7 Å². The first kappa shape index (κ1) is 14.9. The van der Waals surface area contributed by atoms with E-state index in [1.807, 2.05) is 37.6 Å². The summed E-state index contributed by atoms with van der Waals surface area (Å²) in [5.41, 5.74) is 2.12. The standard InChI is InChI=1S/C15H20ClN3O/c1-4-17-11(2)14-7-13(16)5-6-15(14)20-10-12-8-18-19(3)9-12/h5-9,11,17H,4,10H2,1-3H3. The van der Waals surface area contributed by atoms with Crippen molar-refractivity contribution in [2.75, 3.05) is 6.54 Å². The Morgan fingerprint density at radius 1 is 1.45 bits per heavy atom. The minimum absolute atomic E-state index is 0.197. The Morgan fingerprint density at radius 3 is 2.90 bits per heavy atom. The highest BCUT2D eigenvalue weighted by molar-refractivity contribution is 6.30. The molecule has 1 unspecified atom stereocenters. The molecule has 1 aromatic carbocycles. The molecule has 0 saturated carbocycles. The van der Waals surface area contributed by atoms with Gasteiger partial charge in [0.05, 0.1) is 6.20 Å². The lowest BCUT2D eigenvalue weighted by Crippen LogP contribution is -2.18. The first-order chi connectivity index (χ1) is 9.60. The number of benzene rings is 1. The zero-order valence-corrected chi connectivity index (χ0v) is 12.8. The summed E-state index contributed by atoms with van der Waals surface area (Å²) >= 11 is 6.08. The largest absolute Gasteiger partial charge is 0.488 e. The van der Waals surface area contributed by atoms with Gasteiger partial charge in [-0.05, 0) is 31.7 Å². The predicted molar refractivity (Wildman–Crippen MR) is 81.1 cm³/mol. The Balaban J connectivity index is 2.13. The summed E-state index contributed by atoms with van der Waals surface area (Å²) in [6, 6.07) is 5.92. The molecule has 0 aliphatic carbocycles. The maximum Gasteiger partial charge on any atom is 0.124 e. The number of nitrogens with zero attached hydrogens (tertiary/aromatic N) is 2. The molecule has 0 saturated heterocycles. The average Bonchev–Trinajstić information content (AvgIpc) is 2.83. The molecule has 108 valence electrons. The Hall–Kier alpha value is -1.52. The molecule has 0 radical (unpaired) electrons. The second kappa shape index (κ2) is 6.77. The molecular weight excluding hydrogens is 274 g/mol. The predicted octanol–water partition coefficient (Wildman–Crippen LogP) is 3.32. The van der Waals surface area contributed by atoms with E-state index < -0.39 is 0 Å².